The van der Waals surface area contributed by atoms with E-state index in [4.69, 9.17) is 14.2 Å². The number of hydrogen-bond acceptors (Lipinski definition) is 6. The number of rotatable bonds is 9. The monoisotopic (exact) mass is 458 g/mol. The van der Waals surface area contributed by atoms with Crippen LogP contribution in [0.2, 0.25) is 0 Å². The summed E-state index contributed by atoms with van der Waals surface area (Å²) < 4.78 is 17.1. The first kappa shape index (κ1) is 26.6. The maximum atomic E-state index is 12.0. The highest BCUT2D eigenvalue weighted by molar-refractivity contribution is 5.73. The summed E-state index contributed by atoms with van der Waals surface area (Å²) in [5.74, 6) is -0.802. The molecule has 0 N–H and O–H groups in total. The zero-order valence-electron chi connectivity index (χ0n) is 21.1. The molecule has 33 heavy (non-hydrogen) atoms. The van der Waals surface area contributed by atoms with Crippen LogP contribution >= 0.6 is 0 Å². The van der Waals surface area contributed by atoms with Crippen LogP contribution in [-0.4, -0.2) is 23.5 Å². The fraction of sp³-hybridized carbons (Fsp3) is 0.593. The Morgan fingerprint density at radius 2 is 1.55 bits per heavy atom. The van der Waals surface area contributed by atoms with E-state index in [0.717, 1.165) is 44.1 Å². The Balaban J connectivity index is 2.69. The van der Waals surface area contributed by atoms with E-state index in [-0.39, 0.29) is 17.8 Å². The van der Waals surface area contributed by atoms with Crippen LogP contribution in [0.4, 0.5) is 0 Å². The molecule has 0 spiro atoms. The van der Waals surface area contributed by atoms with Crippen LogP contribution in [0.3, 0.4) is 0 Å². The molecule has 1 aromatic rings. The first-order chi connectivity index (χ1) is 15.4. The van der Waals surface area contributed by atoms with E-state index in [1.54, 1.807) is 0 Å². The number of carbonyl (C=O) groups excluding carboxylic acids is 3. The third-order valence-corrected chi connectivity index (χ3v) is 6.12. The summed E-state index contributed by atoms with van der Waals surface area (Å²) in [5.41, 5.74) is 2.01. The van der Waals surface area contributed by atoms with Gasteiger partial charge in [0.1, 0.15) is 17.1 Å². The molecular weight excluding hydrogens is 420 g/mol. The Hall–Kier alpha value is -2.63. The van der Waals surface area contributed by atoms with E-state index in [0.29, 0.717) is 17.1 Å². The maximum absolute atomic E-state index is 12.0. The molecular formula is C27H38O6. The van der Waals surface area contributed by atoms with Crippen molar-refractivity contribution in [1.82, 2.24) is 0 Å². The fourth-order valence-corrected chi connectivity index (χ4v) is 4.77. The van der Waals surface area contributed by atoms with Crippen molar-refractivity contribution in [1.29, 1.82) is 0 Å². The van der Waals surface area contributed by atoms with Crippen molar-refractivity contribution < 1.29 is 28.6 Å². The molecule has 0 aromatic heterocycles. The Bertz CT molecular complexity index is 874. The molecule has 0 fully saturated rings. The van der Waals surface area contributed by atoms with Gasteiger partial charge in [-0.05, 0) is 64.2 Å². The molecule has 6 heteroatoms. The molecule has 2 atom stereocenters. The molecule has 0 bridgehead atoms. The lowest BCUT2D eigenvalue weighted by Gasteiger charge is -2.41. The molecule has 1 aliphatic rings. The van der Waals surface area contributed by atoms with E-state index in [1.165, 1.54) is 26.3 Å². The maximum Gasteiger partial charge on any atom is 0.308 e. The standard InChI is InChI=1S/C27H38O6/c1-8-9-10-11-21-15-24(31-18(3)28)26(25(16-21)32-19(4)29)22-14-17(2)12-13-23(22)27(6,7)33-20(5)30/h14-16,22-23H,8-13H2,1-7H3. The SMILES string of the molecule is CCCCCc1cc(OC(C)=O)c(C2C=C(C)CCC2C(C)(C)OC(C)=O)c(OC(C)=O)c1. The summed E-state index contributed by atoms with van der Waals surface area (Å²) in [4.78, 5) is 35.9. The van der Waals surface area contributed by atoms with Gasteiger partial charge in [-0.1, -0.05) is 31.4 Å². The third kappa shape index (κ3) is 7.44. The van der Waals surface area contributed by atoms with E-state index in [9.17, 15) is 14.4 Å². The van der Waals surface area contributed by atoms with Crippen molar-refractivity contribution in [3.05, 3.63) is 34.9 Å². The molecule has 1 aliphatic carbocycles. The van der Waals surface area contributed by atoms with Gasteiger partial charge < -0.3 is 14.2 Å². The second kappa shape index (κ2) is 11.5. The van der Waals surface area contributed by atoms with Gasteiger partial charge in [-0.15, -0.1) is 0 Å². The molecule has 0 aliphatic heterocycles. The molecule has 6 nitrogen and oxygen atoms in total. The van der Waals surface area contributed by atoms with Crippen molar-refractivity contribution in [2.75, 3.05) is 0 Å². The zero-order valence-corrected chi connectivity index (χ0v) is 21.1. The summed E-state index contributed by atoms with van der Waals surface area (Å²) in [5, 5.41) is 0. The van der Waals surface area contributed by atoms with Gasteiger partial charge in [-0.3, -0.25) is 14.4 Å². The molecule has 2 unspecified atom stereocenters. The van der Waals surface area contributed by atoms with Crippen LogP contribution in [0, 0.1) is 5.92 Å². The van der Waals surface area contributed by atoms with Crippen LogP contribution in [0.5, 0.6) is 11.5 Å². The van der Waals surface area contributed by atoms with Gasteiger partial charge in [0.25, 0.3) is 0 Å². The first-order valence-electron chi connectivity index (χ1n) is 11.8. The predicted molar refractivity (Wildman–Crippen MR) is 127 cm³/mol. The molecule has 0 saturated heterocycles. The molecule has 0 amide bonds. The van der Waals surface area contributed by atoms with Crippen molar-refractivity contribution in [2.24, 2.45) is 5.92 Å². The van der Waals surface area contributed by atoms with Gasteiger partial charge in [0.2, 0.25) is 0 Å². The number of allylic oxidation sites excluding steroid dienone is 2. The molecule has 0 heterocycles. The normalized spacial score (nSPS) is 18.3. The summed E-state index contributed by atoms with van der Waals surface area (Å²) in [7, 11) is 0. The Labute approximate surface area is 197 Å². The third-order valence-electron chi connectivity index (χ3n) is 6.12. The summed E-state index contributed by atoms with van der Waals surface area (Å²) in [6, 6.07) is 3.76. The molecule has 2 rings (SSSR count). The highest BCUT2D eigenvalue weighted by atomic mass is 16.6. The largest absolute Gasteiger partial charge is 0.460 e. The second-order valence-electron chi connectivity index (χ2n) is 9.53. The van der Waals surface area contributed by atoms with E-state index < -0.39 is 17.5 Å². The van der Waals surface area contributed by atoms with Crippen molar-refractivity contribution in [3.8, 4) is 11.5 Å². The van der Waals surface area contributed by atoms with E-state index in [2.05, 4.69) is 19.9 Å². The molecule has 1 aromatic carbocycles. The molecule has 0 radical (unpaired) electrons. The van der Waals surface area contributed by atoms with Crippen molar-refractivity contribution in [2.45, 2.75) is 98.5 Å². The minimum absolute atomic E-state index is 0.0975. The lowest BCUT2D eigenvalue weighted by Crippen LogP contribution is -2.40. The summed E-state index contributed by atoms with van der Waals surface area (Å²) in [6.07, 6.45) is 7.71. The van der Waals surface area contributed by atoms with Gasteiger partial charge in [0.05, 0.1) is 0 Å². The number of esters is 3. The van der Waals surface area contributed by atoms with Crippen LogP contribution in [0.1, 0.15) is 97.6 Å². The van der Waals surface area contributed by atoms with Crippen LogP contribution in [-0.2, 0) is 25.5 Å². The second-order valence-corrected chi connectivity index (χ2v) is 9.53. The van der Waals surface area contributed by atoms with Gasteiger partial charge in [-0.25, -0.2) is 0 Å². The average molecular weight is 459 g/mol. The first-order valence-corrected chi connectivity index (χ1v) is 11.8. The van der Waals surface area contributed by atoms with Crippen LogP contribution in [0.25, 0.3) is 0 Å². The van der Waals surface area contributed by atoms with Crippen LogP contribution < -0.4 is 9.47 Å². The Kier molecular flexibility index (Phi) is 9.26. The number of unbranched alkanes of at least 4 members (excludes halogenated alkanes) is 2. The van der Waals surface area contributed by atoms with Crippen LogP contribution in [0.15, 0.2) is 23.8 Å². The van der Waals surface area contributed by atoms with Crippen molar-refractivity contribution >= 4 is 17.9 Å². The fourth-order valence-electron chi connectivity index (χ4n) is 4.77. The van der Waals surface area contributed by atoms with Gasteiger partial charge in [0.15, 0.2) is 0 Å². The molecule has 182 valence electrons. The summed E-state index contributed by atoms with van der Waals surface area (Å²) >= 11 is 0. The number of ether oxygens (including phenoxy) is 3. The Morgan fingerprint density at radius 3 is 2.03 bits per heavy atom. The smallest absolute Gasteiger partial charge is 0.308 e. The Morgan fingerprint density at radius 1 is 0.970 bits per heavy atom. The van der Waals surface area contributed by atoms with Gasteiger partial charge >= 0.3 is 17.9 Å². The minimum Gasteiger partial charge on any atom is -0.460 e. The molecule has 0 saturated carbocycles. The summed E-state index contributed by atoms with van der Waals surface area (Å²) in [6.45, 7) is 12.1. The topological polar surface area (TPSA) is 78.9 Å². The highest BCUT2D eigenvalue weighted by Gasteiger charge is 2.42. The number of benzene rings is 1. The average Bonchev–Trinajstić information content (AvgIpc) is 2.66. The van der Waals surface area contributed by atoms with E-state index in [1.807, 2.05) is 26.0 Å². The number of carbonyl (C=O) groups is 3. The minimum atomic E-state index is -0.769. The predicted octanol–water partition coefficient (Wildman–Crippen LogP) is 6.05. The quantitative estimate of drug-likeness (QED) is 0.194. The van der Waals surface area contributed by atoms with Crippen molar-refractivity contribution in [3.63, 3.8) is 0 Å². The van der Waals surface area contributed by atoms with Gasteiger partial charge in [-0.2, -0.15) is 0 Å². The lowest BCUT2D eigenvalue weighted by molar-refractivity contribution is -0.159. The number of hydrogen-bond donors (Lipinski definition) is 0. The highest BCUT2D eigenvalue weighted by Crippen LogP contribution is 2.49. The van der Waals surface area contributed by atoms with Gasteiger partial charge in [0, 0.05) is 38.2 Å². The zero-order chi connectivity index (χ0) is 24.8. The number of aryl methyl sites for hydroxylation is 1. The van der Waals surface area contributed by atoms with E-state index >= 15 is 0 Å². The lowest BCUT2D eigenvalue weighted by atomic mass is 9.69.